The van der Waals surface area contributed by atoms with Crippen molar-refractivity contribution in [2.75, 3.05) is 0 Å². The van der Waals surface area contributed by atoms with Gasteiger partial charge in [-0.15, -0.1) is 0 Å². The van der Waals surface area contributed by atoms with Crippen LogP contribution in [0, 0.1) is 131 Å². The van der Waals surface area contributed by atoms with E-state index in [9.17, 15) is 0 Å². The Morgan fingerprint density at radius 1 is 0.308 bits per heavy atom. The largest absolute Gasteiger partial charge is 0.255 e. The van der Waals surface area contributed by atoms with Gasteiger partial charge in [-0.25, -0.2) is 0 Å². The number of hydrogen-bond acceptors (Lipinski definition) is 8. The van der Waals surface area contributed by atoms with Crippen molar-refractivity contribution < 1.29 is 0 Å². The van der Waals surface area contributed by atoms with E-state index >= 15 is 0 Å². The first-order chi connectivity index (χ1) is 24.8. The van der Waals surface area contributed by atoms with Crippen LogP contribution in [0.15, 0.2) is 0 Å². The van der Waals surface area contributed by atoms with Crippen molar-refractivity contribution in [2.24, 2.45) is 0 Å². The second-order valence-electron chi connectivity index (χ2n) is 11.5. The Kier molecular flexibility index (Phi) is 23.4. The Balaban J connectivity index is 0.000000414. The predicted octanol–water partition coefficient (Wildman–Crippen LogP) is 5.05. The van der Waals surface area contributed by atoms with Crippen LogP contribution in [0.5, 0.6) is 0 Å². The zero-order valence-electron chi connectivity index (χ0n) is 31.3. The molecule has 0 aliphatic heterocycles. The summed E-state index contributed by atoms with van der Waals surface area (Å²) in [4.78, 5) is 22.3. The van der Waals surface area contributed by atoms with Gasteiger partial charge >= 0.3 is 291 Å². The van der Waals surface area contributed by atoms with Crippen molar-refractivity contribution in [1.82, 2.24) is 9.97 Å². The molecule has 0 spiro atoms. The third-order valence-corrected chi connectivity index (χ3v) is 15.9. The van der Waals surface area contributed by atoms with Gasteiger partial charge in [0.15, 0.2) is 0 Å². The summed E-state index contributed by atoms with van der Waals surface area (Å²) in [6, 6.07) is 0. The molecule has 0 saturated carbocycles. The smallest absolute Gasteiger partial charge is 0.0588 e. The Morgan fingerprint density at radius 2 is 0.442 bits per heavy atom. The van der Waals surface area contributed by atoms with Gasteiger partial charge < -0.3 is 0 Å². The first-order valence-electron chi connectivity index (χ1n) is 15.8. The maximum absolute atomic E-state index is 8.88. The van der Waals surface area contributed by atoms with Gasteiger partial charge in [0, 0.05) is 0 Å². The number of aromatic nitrogens is 2. The summed E-state index contributed by atoms with van der Waals surface area (Å²) in [5.41, 5.74) is 19.3. The molecule has 270 valence electrons. The number of aryl methyl sites for hydroxylation is 4. The summed E-state index contributed by atoms with van der Waals surface area (Å²) < 4.78 is 0. The van der Waals surface area contributed by atoms with Crippen LogP contribution in [0.1, 0.15) is 89.5 Å². The van der Waals surface area contributed by atoms with Crippen LogP contribution in [-0.4, -0.2) is 99.7 Å². The van der Waals surface area contributed by atoms with Crippen LogP contribution in [0.3, 0.4) is 0 Å². The molecule has 8 nitrogen and oxygen atoms in total. The van der Waals surface area contributed by atoms with E-state index in [1.807, 2.05) is 27.7 Å². The average molecular weight is 1080 g/mol. The summed E-state index contributed by atoms with van der Waals surface area (Å²) in [5, 5.41) is 58.2. The molecule has 0 atom stereocenters. The summed E-state index contributed by atoms with van der Waals surface area (Å²) in [6.45, 7) is 20.6. The molecular weight excluding hydrogens is 1040 g/mol. The molecular formula is C38H42N8Se6. The van der Waals surface area contributed by atoms with Crippen LogP contribution < -0.4 is 0 Å². The molecule has 1 heterocycles. The molecule has 0 N–H and O–H groups in total. The first-order valence-corrected chi connectivity index (χ1v) is 28.2. The van der Waals surface area contributed by atoms with Crippen molar-refractivity contribution in [1.29, 1.82) is 31.6 Å². The predicted molar refractivity (Wildman–Crippen MR) is 213 cm³/mol. The number of rotatable bonds is 12. The van der Waals surface area contributed by atoms with Crippen molar-refractivity contribution >= 4 is 89.7 Å². The Hall–Kier alpha value is -2.42. The van der Waals surface area contributed by atoms with Gasteiger partial charge in [-0.05, 0) is 27.7 Å². The molecule has 0 radical (unpaired) electrons. The molecule has 52 heavy (non-hydrogen) atoms. The molecule has 0 aliphatic rings. The van der Waals surface area contributed by atoms with Gasteiger partial charge in [0.05, 0.1) is 22.8 Å². The molecule has 0 unspecified atom stereocenters. The number of benzene rings is 2. The third kappa shape index (κ3) is 14.1. The van der Waals surface area contributed by atoms with Gasteiger partial charge in [0.2, 0.25) is 0 Å². The van der Waals surface area contributed by atoms with E-state index in [2.05, 4.69) is 81.3 Å². The van der Waals surface area contributed by atoms with E-state index in [1.54, 1.807) is 0 Å². The Bertz CT molecular complexity index is 1600. The van der Waals surface area contributed by atoms with Crippen LogP contribution >= 0.6 is 0 Å². The molecule has 0 fully saturated rings. The van der Waals surface area contributed by atoms with Gasteiger partial charge in [-0.3, -0.25) is 9.97 Å². The summed E-state index contributed by atoms with van der Waals surface area (Å²) in [5.74, 6) is 0. The second kappa shape index (κ2) is 25.6. The van der Waals surface area contributed by atoms with E-state index in [4.69, 9.17) is 31.6 Å². The van der Waals surface area contributed by atoms with E-state index < -0.39 is 0 Å². The minimum atomic E-state index is -0.0416. The number of hydrogen-bond donors (Lipinski definition) is 0. The van der Waals surface area contributed by atoms with Crippen molar-refractivity contribution in [3.63, 3.8) is 0 Å². The fourth-order valence-electron chi connectivity index (χ4n) is 5.53. The molecule has 0 bridgehead atoms. The molecule has 0 saturated heterocycles. The monoisotopic (exact) mass is 1090 g/mol. The van der Waals surface area contributed by atoms with Crippen molar-refractivity contribution in [2.45, 2.75) is 101 Å². The summed E-state index contributed by atoms with van der Waals surface area (Å²) in [7, 11) is 0. The normalized spacial score (nSPS) is 9.77. The summed E-state index contributed by atoms with van der Waals surface area (Å²) in [6.07, 6.45) is 0. The zero-order chi connectivity index (χ0) is 39.4. The Morgan fingerprint density at radius 3 is 0.558 bits per heavy atom. The SMILES string of the molecule is Cc1c(C[Se]C#N)c(C)c(C[Se]C#N)c(C)c1C[Se]C#N.Cc1c(C[Se]C#N)c(C)c(C[Se]C#N)c(C)c1C[Se]C#N.Cc1nc(C)c(C)nc1C. The van der Waals surface area contributed by atoms with E-state index in [0.29, 0.717) is 0 Å². The first kappa shape index (κ1) is 47.6. The molecule has 14 heteroatoms. The molecule has 1 aromatic heterocycles. The van der Waals surface area contributed by atoms with Crippen molar-refractivity contribution in [3.05, 3.63) is 89.5 Å². The zero-order valence-corrected chi connectivity index (χ0v) is 41.5. The van der Waals surface area contributed by atoms with Crippen LogP contribution in [0.4, 0.5) is 0 Å². The number of nitrogens with zero attached hydrogens (tertiary/aromatic N) is 8. The molecule has 3 aromatic rings. The van der Waals surface area contributed by atoms with E-state index in [1.165, 1.54) is 66.8 Å². The number of nitriles is 6. The maximum atomic E-state index is 8.88. The van der Waals surface area contributed by atoms with Gasteiger partial charge in [0.25, 0.3) is 0 Å². The standard InChI is InChI=1S/2C15H15N3Se3.C8H12N2/c2*1-10-13(4-19-7-16)11(2)15(6-21-9-18)12(3)14(10)5-20-8-17;1-5-6(2)10-8(4)7(3)9-5/h2*4-6H2,1-3H3;1-4H3. The van der Waals surface area contributed by atoms with E-state index in [0.717, 1.165) is 54.7 Å². The fraction of sp³-hybridized carbons (Fsp3) is 0.421. The van der Waals surface area contributed by atoms with Gasteiger partial charge in [-0.1, -0.05) is 0 Å². The molecule has 0 amide bonds. The fourth-order valence-corrected chi connectivity index (χ4v) is 13.6. The minimum absolute atomic E-state index is 0.0416. The summed E-state index contributed by atoms with van der Waals surface area (Å²) >= 11 is -0.250. The third-order valence-electron chi connectivity index (χ3n) is 8.84. The van der Waals surface area contributed by atoms with Gasteiger partial charge in [0.1, 0.15) is 0 Å². The van der Waals surface area contributed by atoms with Crippen LogP contribution in [0.25, 0.3) is 0 Å². The van der Waals surface area contributed by atoms with Gasteiger partial charge in [-0.2, -0.15) is 0 Å². The minimum Gasteiger partial charge on any atom is -0.255 e. The molecule has 2 aromatic carbocycles. The Labute approximate surface area is 348 Å². The molecule has 3 rings (SSSR count). The quantitative estimate of drug-likeness (QED) is 0.227. The van der Waals surface area contributed by atoms with E-state index in [-0.39, 0.29) is 89.7 Å². The second-order valence-corrected chi connectivity index (χ2v) is 21.0. The maximum Gasteiger partial charge on any atom is 0.0588 e. The molecule has 0 aliphatic carbocycles. The average Bonchev–Trinajstić information content (AvgIpc) is 3.11. The van der Waals surface area contributed by atoms with Crippen LogP contribution in [-0.2, 0) is 31.9 Å². The van der Waals surface area contributed by atoms with Crippen molar-refractivity contribution in [3.8, 4) is 29.8 Å². The van der Waals surface area contributed by atoms with Crippen LogP contribution in [0.2, 0.25) is 0 Å². The topological polar surface area (TPSA) is 169 Å².